The normalized spacial score (nSPS) is 19.4. The molecule has 0 bridgehead atoms. The number of carbonyl (C=O) groups excluding carboxylic acids is 1. The highest BCUT2D eigenvalue weighted by molar-refractivity contribution is 7.91. The number of ether oxygens (including phenoxy) is 1. The van der Waals surface area contributed by atoms with Crippen LogP contribution < -0.4 is 20.7 Å². The van der Waals surface area contributed by atoms with Gasteiger partial charge in [-0.3, -0.25) is 9.79 Å². The van der Waals surface area contributed by atoms with Crippen molar-refractivity contribution in [3.8, 4) is 5.75 Å². The summed E-state index contributed by atoms with van der Waals surface area (Å²) in [7, 11) is -1.40. The molecular formula is C19H29FN4O4S. The zero-order valence-corrected chi connectivity index (χ0v) is 17.6. The van der Waals surface area contributed by atoms with E-state index in [1.807, 2.05) is 6.92 Å². The molecule has 2 unspecified atom stereocenters. The summed E-state index contributed by atoms with van der Waals surface area (Å²) in [6.45, 7) is 2.78. The van der Waals surface area contributed by atoms with Crippen molar-refractivity contribution in [1.29, 1.82) is 0 Å². The molecule has 8 nitrogen and oxygen atoms in total. The van der Waals surface area contributed by atoms with Crippen molar-refractivity contribution in [2.75, 3.05) is 31.6 Å². The van der Waals surface area contributed by atoms with E-state index in [0.717, 1.165) is 0 Å². The van der Waals surface area contributed by atoms with Crippen LogP contribution in [0.1, 0.15) is 26.2 Å². The molecule has 162 valence electrons. The molecule has 1 amide bonds. The molecule has 3 N–H and O–H groups in total. The molecule has 0 spiro atoms. The minimum Gasteiger partial charge on any atom is -0.489 e. The summed E-state index contributed by atoms with van der Waals surface area (Å²) < 4.78 is 41.9. The summed E-state index contributed by atoms with van der Waals surface area (Å²) >= 11 is 0. The number of sulfone groups is 1. The molecule has 10 heteroatoms. The predicted molar refractivity (Wildman–Crippen MR) is 110 cm³/mol. The van der Waals surface area contributed by atoms with E-state index in [9.17, 15) is 17.6 Å². The number of carbonyl (C=O) groups is 1. The lowest BCUT2D eigenvalue weighted by atomic mass is 10.2. The molecule has 1 aromatic carbocycles. The first-order chi connectivity index (χ1) is 13.8. The lowest BCUT2D eigenvalue weighted by molar-refractivity contribution is -0.121. The summed E-state index contributed by atoms with van der Waals surface area (Å²) in [5.74, 6) is 0.573. The van der Waals surface area contributed by atoms with E-state index in [2.05, 4.69) is 20.9 Å². The van der Waals surface area contributed by atoms with E-state index in [0.29, 0.717) is 37.6 Å². The van der Waals surface area contributed by atoms with Gasteiger partial charge in [-0.15, -0.1) is 0 Å². The molecule has 0 aromatic heterocycles. The Morgan fingerprint density at radius 2 is 2.17 bits per heavy atom. The monoisotopic (exact) mass is 428 g/mol. The SMILES string of the molecule is CCC(CNC(=NC)NCCC(=O)NC1CCS(=O)(=O)C1)Oc1cccc(F)c1. The van der Waals surface area contributed by atoms with Crippen molar-refractivity contribution >= 4 is 21.7 Å². The van der Waals surface area contributed by atoms with Gasteiger partial charge in [-0.1, -0.05) is 13.0 Å². The van der Waals surface area contributed by atoms with Crippen LogP contribution >= 0.6 is 0 Å². The highest BCUT2D eigenvalue weighted by atomic mass is 32.2. The van der Waals surface area contributed by atoms with Gasteiger partial charge in [0.15, 0.2) is 15.8 Å². The topological polar surface area (TPSA) is 109 Å². The minimum absolute atomic E-state index is 0.0130. The highest BCUT2D eigenvalue weighted by Crippen LogP contribution is 2.14. The Bertz CT molecular complexity index is 816. The first-order valence-electron chi connectivity index (χ1n) is 9.68. The van der Waals surface area contributed by atoms with Gasteiger partial charge in [0.25, 0.3) is 0 Å². The average molecular weight is 429 g/mol. The Labute approximate surface area is 171 Å². The fourth-order valence-electron chi connectivity index (χ4n) is 2.94. The first-order valence-corrected chi connectivity index (χ1v) is 11.5. The summed E-state index contributed by atoms with van der Waals surface area (Å²) in [4.78, 5) is 16.1. The van der Waals surface area contributed by atoms with E-state index < -0.39 is 9.84 Å². The Balaban J connectivity index is 1.69. The van der Waals surface area contributed by atoms with Gasteiger partial charge in [-0.05, 0) is 25.0 Å². The van der Waals surface area contributed by atoms with Gasteiger partial charge < -0.3 is 20.7 Å². The Hall–Kier alpha value is -2.36. The fraction of sp³-hybridized carbons (Fsp3) is 0.579. The van der Waals surface area contributed by atoms with Crippen LogP contribution in [-0.4, -0.2) is 64.1 Å². The first kappa shape index (κ1) is 22.9. The van der Waals surface area contributed by atoms with Crippen molar-refractivity contribution in [3.05, 3.63) is 30.1 Å². The van der Waals surface area contributed by atoms with Crippen LogP contribution in [0, 0.1) is 5.82 Å². The molecule has 1 heterocycles. The average Bonchev–Trinajstić information content (AvgIpc) is 3.01. The molecule has 2 atom stereocenters. The van der Waals surface area contributed by atoms with Gasteiger partial charge in [0.2, 0.25) is 5.91 Å². The number of hydrogen-bond acceptors (Lipinski definition) is 5. The second-order valence-corrected chi connectivity index (χ2v) is 9.13. The van der Waals surface area contributed by atoms with Crippen LogP contribution in [0.2, 0.25) is 0 Å². The van der Waals surface area contributed by atoms with Crippen LogP contribution in [0.5, 0.6) is 5.75 Å². The number of amides is 1. The molecular weight excluding hydrogens is 399 g/mol. The summed E-state index contributed by atoms with van der Waals surface area (Å²) in [5, 5.41) is 8.91. The third kappa shape index (κ3) is 8.26. The third-order valence-corrected chi connectivity index (χ3v) is 6.28. The fourth-order valence-corrected chi connectivity index (χ4v) is 4.61. The van der Waals surface area contributed by atoms with Crippen LogP contribution in [0.4, 0.5) is 4.39 Å². The van der Waals surface area contributed by atoms with Crippen LogP contribution in [0.25, 0.3) is 0 Å². The van der Waals surface area contributed by atoms with Gasteiger partial charge in [-0.25, -0.2) is 12.8 Å². The predicted octanol–water partition coefficient (Wildman–Crippen LogP) is 0.842. The van der Waals surface area contributed by atoms with Crippen LogP contribution in [-0.2, 0) is 14.6 Å². The molecule has 0 radical (unpaired) electrons. The van der Waals surface area contributed by atoms with Gasteiger partial charge in [0, 0.05) is 32.1 Å². The molecule has 1 fully saturated rings. The maximum atomic E-state index is 13.3. The van der Waals surface area contributed by atoms with E-state index in [4.69, 9.17) is 4.74 Å². The smallest absolute Gasteiger partial charge is 0.222 e. The van der Waals surface area contributed by atoms with Crippen molar-refractivity contribution < 1.29 is 22.3 Å². The Morgan fingerprint density at radius 1 is 1.38 bits per heavy atom. The maximum Gasteiger partial charge on any atom is 0.222 e. The van der Waals surface area contributed by atoms with Crippen molar-refractivity contribution in [3.63, 3.8) is 0 Å². The van der Waals surface area contributed by atoms with Crippen molar-refractivity contribution in [1.82, 2.24) is 16.0 Å². The van der Waals surface area contributed by atoms with Gasteiger partial charge in [0.1, 0.15) is 17.7 Å². The number of nitrogens with zero attached hydrogens (tertiary/aromatic N) is 1. The van der Waals surface area contributed by atoms with Crippen molar-refractivity contribution in [2.24, 2.45) is 4.99 Å². The molecule has 29 heavy (non-hydrogen) atoms. The number of rotatable bonds is 9. The molecule has 0 saturated carbocycles. The number of benzene rings is 1. The number of nitrogens with one attached hydrogen (secondary N) is 3. The number of hydrogen-bond donors (Lipinski definition) is 3. The van der Waals surface area contributed by atoms with Crippen LogP contribution in [0.15, 0.2) is 29.3 Å². The third-order valence-electron chi connectivity index (χ3n) is 4.52. The molecule has 0 aliphatic carbocycles. The molecule has 1 aromatic rings. The largest absolute Gasteiger partial charge is 0.489 e. The maximum absolute atomic E-state index is 13.3. The molecule has 1 saturated heterocycles. The minimum atomic E-state index is -3.01. The molecule has 1 aliphatic rings. The standard InChI is InChI=1S/C19H29FN4O4S/c1-3-16(28-17-6-4-5-14(20)11-17)12-23-19(21-2)22-9-7-18(25)24-15-8-10-29(26,27)13-15/h4-6,11,15-16H,3,7-10,12-13H2,1-2H3,(H,24,25)(H2,21,22,23). The zero-order valence-electron chi connectivity index (χ0n) is 16.8. The van der Waals surface area contributed by atoms with Gasteiger partial charge in [-0.2, -0.15) is 0 Å². The second-order valence-electron chi connectivity index (χ2n) is 6.90. The van der Waals surface area contributed by atoms with E-state index in [-0.39, 0.29) is 41.8 Å². The van der Waals surface area contributed by atoms with Crippen LogP contribution in [0.3, 0.4) is 0 Å². The lowest BCUT2D eigenvalue weighted by Gasteiger charge is -2.20. The second kappa shape index (κ2) is 11.0. The highest BCUT2D eigenvalue weighted by Gasteiger charge is 2.28. The summed E-state index contributed by atoms with van der Waals surface area (Å²) in [6.07, 6.45) is 1.21. The summed E-state index contributed by atoms with van der Waals surface area (Å²) in [6, 6.07) is 5.70. The molecule has 1 aliphatic heterocycles. The summed E-state index contributed by atoms with van der Waals surface area (Å²) in [5.41, 5.74) is 0. The van der Waals surface area contributed by atoms with E-state index in [1.165, 1.54) is 12.1 Å². The lowest BCUT2D eigenvalue weighted by Crippen LogP contribution is -2.44. The molecule has 2 rings (SSSR count). The van der Waals surface area contributed by atoms with Gasteiger partial charge >= 0.3 is 0 Å². The number of aliphatic imine (C=N–C) groups is 1. The van der Waals surface area contributed by atoms with Gasteiger partial charge in [0.05, 0.1) is 18.1 Å². The Kier molecular flexibility index (Phi) is 8.69. The number of halogens is 1. The van der Waals surface area contributed by atoms with E-state index in [1.54, 1.807) is 19.2 Å². The Morgan fingerprint density at radius 3 is 2.79 bits per heavy atom. The quantitative estimate of drug-likeness (QED) is 0.397. The number of guanidine groups is 1. The van der Waals surface area contributed by atoms with E-state index >= 15 is 0 Å². The zero-order chi connectivity index (χ0) is 21.3. The van der Waals surface area contributed by atoms with Crippen molar-refractivity contribution in [2.45, 2.75) is 38.3 Å².